The maximum Gasteiger partial charge on any atom is 0.322 e. The summed E-state index contributed by atoms with van der Waals surface area (Å²) in [4.78, 5) is 38.1. The molecule has 2 aromatic rings. The molecule has 1 spiro atoms. The Hall–Kier alpha value is -2.89. The predicted octanol–water partition coefficient (Wildman–Crippen LogP) is 2.57. The lowest BCUT2D eigenvalue weighted by molar-refractivity contribution is -0.137. The van der Waals surface area contributed by atoms with Crippen molar-refractivity contribution >= 4 is 28.6 Å². The standard InChI is InChI=1S/C21H23N3O3/c1-24(13-14-6-7-15-4-2-3-5-17(15)12-14)18(25)16-8-10-21(11-9-16)19(26)22-20(27)23-21/h2-7,12,16H,8-11,13H2,1H3,(H2,22,23,26,27). The Morgan fingerprint density at radius 1 is 1.11 bits per heavy atom. The highest BCUT2D eigenvalue weighted by Gasteiger charge is 2.49. The lowest BCUT2D eigenvalue weighted by Gasteiger charge is -2.35. The number of fused-ring (bicyclic) bond motifs is 1. The van der Waals surface area contributed by atoms with Crippen LogP contribution in [0.4, 0.5) is 4.79 Å². The second-order valence-electron chi connectivity index (χ2n) is 7.64. The molecule has 1 heterocycles. The summed E-state index contributed by atoms with van der Waals surface area (Å²) in [6.07, 6.45) is 2.22. The average Bonchev–Trinajstić information content (AvgIpc) is 2.94. The average molecular weight is 365 g/mol. The fourth-order valence-electron chi connectivity index (χ4n) is 4.24. The van der Waals surface area contributed by atoms with Crippen LogP contribution in [0.5, 0.6) is 0 Å². The highest BCUT2D eigenvalue weighted by Crippen LogP contribution is 2.35. The van der Waals surface area contributed by atoms with Crippen LogP contribution in [0.2, 0.25) is 0 Å². The molecule has 1 saturated heterocycles. The van der Waals surface area contributed by atoms with Gasteiger partial charge in [-0.2, -0.15) is 0 Å². The van der Waals surface area contributed by atoms with Crippen molar-refractivity contribution in [3.05, 3.63) is 48.0 Å². The van der Waals surface area contributed by atoms with Crippen molar-refractivity contribution in [2.24, 2.45) is 5.92 Å². The van der Waals surface area contributed by atoms with Gasteiger partial charge in [-0.15, -0.1) is 0 Å². The van der Waals surface area contributed by atoms with Crippen molar-refractivity contribution in [3.8, 4) is 0 Å². The third-order valence-electron chi connectivity index (χ3n) is 5.81. The number of carbonyl (C=O) groups excluding carboxylic acids is 3. The van der Waals surface area contributed by atoms with E-state index in [2.05, 4.69) is 41.0 Å². The van der Waals surface area contributed by atoms with E-state index in [1.807, 2.05) is 19.2 Å². The Bertz CT molecular complexity index is 916. The molecular weight excluding hydrogens is 342 g/mol. The summed E-state index contributed by atoms with van der Waals surface area (Å²) >= 11 is 0. The van der Waals surface area contributed by atoms with E-state index in [0.717, 1.165) is 5.56 Å². The minimum atomic E-state index is -0.815. The molecule has 4 amide bonds. The monoisotopic (exact) mass is 365 g/mol. The number of carbonyl (C=O) groups is 3. The lowest BCUT2D eigenvalue weighted by atomic mass is 9.76. The number of hydrogen-bond donors (Lipinski definition) is 2. The maximum absolute atomic E-state index is 12.9. The minimum absolute atomic E-state index is 0.0998. The predicted molar refractivity (Wildman–Crippen MR) is 102 cm³/mol. The fraction of sp³-hybridized carbons (Fsp3) is 0.381. The Morgan fingerprint density at radius 3 is 2.48 bits per heavy atom. The number of urea groups is 1. The molecule has 0 unspecified atom stereocenters. The van der Waals surface area contributed by atoms with Gasteiger partial charge in [-0.1, -0.05) is 36.4 Å². The van der Waals surface area contributed by atoms with E-state index >= 15 is 0 Å². The molecule has 2 aliphatic rings. The van der Waals surface area contributed by atoms with Gasteiger partial charge in [0.25, 0.3) is 5.91 Å². The van der Waals surface area contributed by atoms with Gasteiger partial charge in [-0.3, -0.25) is 14.9 Å². The largest absolute Gasteiger partial charge is 0.341 e. The third-order valence-corrected chi connectivity index (χ3v) is 5.81. The van der Waals surface area contributed by atoms with Gasteiger partial charge in [-0.25, -0.2) is 4.79 Å². The van der Waals surface area contributed by atoms with Crippen LogP contribution in [-0.4, -0.2) is 35.3 Å². The highest BCUT2D eigenvalue weighted by atomic mass is 16.2. The zero-order chi connectivity index (χ0) is 19.0. The molecule has 140 valence electrons. The molecule has 6 heteroatoms. The van der Waals surface area contributed by atoms with E-state index in [1.165, 1.54) is 10.8 Å². The van der Waals surface area contributed by atoms with Gasteiger partial charge in [0.1, 0.15) is 5.54 Å². The molecule has 0 aromatic heterocycles. The SMILES string of the molecule is CN(Cc1ccc2ccccc2c1)C(=O)C1CCC2(CC1)NC(=O)NC2=O. The summed E-state index contributed by atoms with van der Waals surface area (Å²) in [5.41, 5.74) is 0.282. The molecule has 0 bridgehead atoms. The summed E-state index contributed by atoms with van der Waals surface area (Å²) < 4.78 is 0. The number of hydrogen-bond acceptors (Lipinski definition) is 3. The molecule has 0 radical (unpaired) electrons. The van der Waals surface area contributed by atoms with Crippen molar-refractivity contribution in [1.29, 1.82) is 0 Å². The first-order chi connectivity index (χ1) is 13.0. The fourth-order valence-corrected chi connectivity index (χ4v) is 4.24. The van der Waals surface area contributed by atoms with E-state index in [-0.39, 0.29) is 17.7 Å². The zero-order valence-electron chi connectivity index (χ0n) is 15.3. The first-order valence-electron chi connectivity index (χ1n) is 9.33. The zero-order valence-corrected chi connectivity index (χ0v) is 15.3. The Morgan fingerprint density at radius 2 is 1.81 bits per heavy atom. The molecule has 2 fully saturated rings. The van der Waals surface area contributed by atoms with Crippen molar-refractivity contribution in [1.82, 2.24) is 15.5 Å². The summed E-state index contributed by atoms with van der Waals surface area (Å²) in [6, 6.07) is 14.0. The van der Waals surface area contributed by atoms with Crippen LogP contribution in [0.25, 0.3) is 10.8 Å². The number of rotatable bonds is 3. The molecule has 27 heavy (non-hydrogen) atoms. The molecule has 4 rings (SSSR count). The molecule has 6 nitrogen and oxygen atoms in total. The van der Waals surface area contributed by atoms with E-state index in [1.54, 1.807) is 4.90 Å². The van der Waals surface area contributed by atoms with Gasteiger partial charge in [0, 0.05) is 19.5 Å². The smallest absolute Gasteiger partial charge is 0.322 e. The number of nitrogens with one attached hydrogen (secondary N) is 2. The summed E-state index contributed by atoms with van der Waals surface area (Å²) in [5, 5.41) is 7.40. The first-order valence-corrected chi connectivity index (χ1v) is 9.33. The minimum Gasteiger partial charge on any atom is -0.341 e. The van der Waals surface area contributed by atoms with Gasteiger partial charge in [-0.05, 0) is 48.1 Å². The number of benzene rings is 2. The Labute approximate surface area is 157 Å². The normalized spacial score (nSPS) is 24.7. The second kappa shape index (κ2) is 6.68. The van der Waals surface area contributed by atoms with Gasteiger partial charge >= 0.3 is 6.03 Å². The van der Waals surface area contributed by atoms with Crippen molar-refractivity contribution in [2.75, 3.05) is 7.05 Å². The van der Waals surface area contributed by atoms with E-state index in [4.69, 9.17) is 0 Å². The number of imide groups is 1. The first kappa shape index (κ1) is 17.5. The molecule has 2 N–H and O–H groups in total. The maximum atomic E-state index is 12.9. The van der Waals surface area contributed by atoms with E-state index < -0.39 is 11.6 Å². The summed E-state index contributed by atoms with van der Waals surface area (Å²) in [6.45, 7) is 0.558. The highest BCUT2D eigenvalue weighted by molar-refractivity contribution is 6.07. The Kier molecular flexibility index (Phi) is 4.34. The van der Waals surface area contributed by atoms with Crippen molar-refractivity contribution < 1.29 is 14.4 Å². The summed E-state index contributed by atoms with van der Waals surface area (Å²) in [5.74, 6) is -0.267. The van der Waals surface area contributed by atoms with Gasteiger partial charge in [0.05, 0.1) is 0 Å². The van der Waals surface area contributed by atoms with Crippen LogP contribution in [0.1, 0.15) is 31.2 Å². The third kappa shape index (κ3) is 3.27. The van der Waals surface area contributed by atoms with Crippen LogP contribution in [0, 0.1) is 5.92 Å². The second-order valence-corrected chi connectivity index (χ2v) is 7.64. The Balaban J connectivity index is 1.39. The molecule has 1 aliphatic heterocycles. The molecule has 0 atom stereocenters. The lowest BCUT2D eigenvalue weighted by Crippen LogP contribution is -2.50. The van der Waals surface area contributed by atoms with Crippen LogP contribution < -0.4 is 10.6 Å². The van der Waals surface area contributed by atoms with E-state index in [9.17, 15) is 14.4 Å². The van der Waals surface area contributed by atoms with E-state index in [0.29, 0.717) is 32.2 Å². The van der Waals surface area contributed by atoms with Gasteiger partial charge < -0.3 is 10.2 Å². The quantitative estimate of drug-likeness (QED) is 0.821. The van der Waals surface area contributed by atoms with Crippen molar-refractivity contribution in [2.45, 2.75) is 37.8 Å². The number of amides is 4. The van der Waals surface area contributed by atoms with Crippen LogP contribution in [0.3, 0.4) is 0 Å². The van der Waals surface area contributed by atoms with Crippen LogP contribution in [-0.2, 0) is 16.1 Å². The molecule has 1 aliphatic carbocycles. The molecule has 1 saturated carbocycles. The topological polar surface area (TPSA) is 78.5 Å². The number of nitrogens with zero attached hydrogens (tertiary/aromatic N) is 1. The van der Waals surface area contributed by atoms with Crippen LogP contribution >= 0.6 is 0 Å². The summed E-state index contributed by atoms with van der Waals surface area (Å²) in [7, 11) is 1.83. The van der Waals surface area contributed by atoms with Crippen LogP contribution in [0.15, 0.2) is 42.5 Å². The van der Waals surface area contributed by atoms with Gasteiger partial charge in [0.15, 0.2) is 0 Å². The van der Waals surface area contributed by atoms with Gasteiger partial charge in [0.2, 0.25) is 5.91 Å². The van der Waals surface area contributed by atoms with Crippen molar-refractivity contribution in [3.63, 3.8) is 0 Å². The molecule has 2 aromatic carbocycles. The molecular formula is C21H23N3O3.